The zero-order valence-corrected chi connectivity index (χ0v) is 17.6. The standard InChI is InChI=1S/C22H23ClN2O3S/c23-21-7-3-4-8-22(21)28-16-15-24-11-13-25(14-12-24)29(26,27)20-10-9-18-5-1-2-6-19(18)17-20/h1-10,17H,11-16H2. The molecule has 0 saturated carbocycles. The number of hydrogen-bond donors (Lipinski definition) is 0. The summed E-state index contributed by atoms with van der Waals surface area (Å²) in [6, 6.07) is 20.5. The van der Waals surface area contributed by atoms with Gasteiger partial charge in [0, 0.05) is 32.7 Å². The van der Waals surface area contributed by atoms with E-state index in [9.17, 15) is 8.42 Å². The van der Waals surface area contributed by atoms with Gasteiger partial charge in [0.25, 0.3) is 0 Å². The molecule has 4 rings (SSSR count). The molecule has 1 aliphatic heterocycles. The van der Waals surface area contributed by atoms with E-state index < -0.39 is 10.0 Å². The molecule has 0 amide bonds. The van der Waals surface area contributed by atoms with Gasteiger partial charge in [-0.05, 0) is 35.0 Å². The summed E-state index contributed by atoms with van der Waals surface area (Å²) in [5.74, 6) is 0.673. The van der Waals surface area contributed by atoms with Crippen molar-refractivity contribution in [2.75, 3.05) is 39.3 Å². The molecule has 7 heteroatoms. The van der Waals surface area contributed by atoms with E-state index in [0.717, 1.165) is 17.3 Å². The fraction of sp³-hybridized carbons (Fsp3) is 0.273. The molecule has 0 spiro atoms. The highest BCUT2D eigenvalue weighted by Gasteiger charge is 2.28. The van der Waals surface area contributed by atoms with Crippen molar-refractivity contribution in [1.29, 1.82) is 0 Å². The lowest BCUT2D eigenvalue weighted by molar-refractivity contribution is 0.159. The fourth-order valence-electron chi connectivity index (χ4n) is 3.52. The Labute approximate surface area is 176 Å². The molecule has 0 aliphatic carbocycles. The minimum absolute atomic E-state index is 0.353. The van der Waals surface area contributed by atoms with Crippen LogP contribution in [0, 0.1) is 0 Å². The van der Waals surface area contributed by atoms with Crippen LogP contribution in [0.2, 0.25) is 5.02 Å². The molecule has 5 nitrogen and oxygen atoms in total. The van der Waals surface area contributed by atoms with Crippen molar-refractivity contribution in [3.8, 4) is 5.75 Å². The Morgan fingerprint density at radius 1 is 0.862 bits per heavy atom. The molecule has 1 aliphatic rings. The van der Waals surface area contributed by atoms with Gasteiger partial charge in [-0.25, -0.2) is 8.42 Å². The molecule has 0 bridgehead atoms. The average Bonchev–Trinajstić information content (AvgIpc) is 2.75. The first kappa shape index (κ1) is 20.2. The highest BCUT2D eigenvalue weighted by Crippen LogP contribution is 2.24. The largest absolute Gasteiger partial charge is 0.491 e. The molecular weight excluding hydrogens is 408 g/mol. The van der Waals surface area contributed by atoms with Crippen LogP contribution in [0.25, 0.3) is 10.8 Å². The molecule has 0 radical (unpaired) electrons. The summed E-state index contributed by atoms with van der Waals surface area (Å²) in [5.41, 5.74) is 0. The molecular formula is C22H23ClN2O3S. The molecule has 3 aromatic rings. The van der Waals surface area contributed by atoms with E-state index in [1.54, 1.807) is 22.5 Å². The first-order chi connectivity index (χ1) is 14.0. The first-order valence-corrected chi connectivity index (χ1v) is 11.4. The Balaban J connectivity index is 1.34. The number of piperazine rings is 1. The molecule has 1 fully saturated rings. The third-order valence-electron chi connectivity index (χ3n) is 5.19. The lowest BCUT2D eigenvalue weighted by Gasteiger charge is -2.33. The van der Waals surface area contributed by atoms with Gasteiger partial charge in [-0.1, -0.05) is 54.1 Å². The van der Waals surface area contributed by atoms with E-state index in [4.69, 9.17) is 16.3 Å². The van der Waals surface area contributed by atoms with E-state index in [-0.39, 0.29) is 0 Å². The quantitative estimate of drug-likeness (QED) is 0.595. The van der Waals surface area contributed by atoms with Gasteiger partial charge in [-0.2, -0.15) is 4.31 Å². The van der Waals surface area contributed by atoms with Crippen molar-refractivity contribution in [3.05, 3.63) is 71.8 Å². The van der Waals surface area contributed by atoms with E-state index in [1.807, 2.05) is 48.5 Å². The molecule has 1 heterocycles. The Morgan fingerprint density at radius 2 is 1.55 bits per heavy atom. The van der Waals surface area contributed by atoms with Crippen LogP contribution in [-0.2, 0) is 10.0 Å². The normalized spacial score (nSPS) is 16.2. The number of ether oxygens (including phenoxy) is 1. The molecule has 0 unspecified atom stereocenters. The number of benzene rings is 3. The van der Waals surface area contributed by atoms with Gasteiger partial charge in [-0.15, -0.1) is 0 Å². The lowest BCUT2D eigenvalue weighted by atomic mass is 10.1. The van der Waals surface area contributed by atoms with Crippen molar-refractivity contribution in [2.24, 2.45) is 0 Å². The summed E-state index contributed by atoms with van der Waals surface area (Å²) in [6.07, 6.45) is 0. The maximum absolute atomic E-state index is 13.0. The minimum atomic E-state index is -3.49. The van der Waals surface area contributed by atoms with Crippen LogP contribution >= 0.6 is 11.6 Å². The first-order valence-electron chi connectivity index (χ1n) is 9.63. The smallest absolute Gasteiger partial charge is 0.243 e. The number of nitrogens with zero attached hydrogens (tertiary/aromatic N) is 2. The molecule has 0 aromatic heterocycles. The summed E-state index contributed by atoms with van der Waals surface area (Å²) >= 11 is 6.10. The number of hydrogen-bond acceptors (Lipinski definition) is 4. The number of fused-ring (bicyclic) bond motifs is 1. The zero-order valence-electron chi connectivity index (χ0n) is 16.0. The maximum atomic E-state index is 13.0. The van der Waals surface area contributed by atoms with Crippen LogP contribution in [0.15, 0.2) is 71.6 Å². The molecule has 29 heavy (non-hydrogen) atoms. The summed E-state index contributed by atoms with van der Waals surface area (Å²) < 4.78 is 33.4. The van der Waals surface area contributed by atoms with Crippen molar-refractivity contribution >= 4 is 32.4 Å². The Hall–Kier alpha value is -2.12. The second-order valence-electron chi connectivity index (χ2n) is 7.03. The van der Waals surface area contributed by atoms with Crippen LogP contribution in [0.4, 0.5) is 0 Å². The van der Waals surface area contributed by atoms with Crippen LogP contribution < -0.4 is 4.74 Å². The van der Waals surface area contributed by atoms with Gasteiger partial charge >= 0.3 is 0 Å². The molecule has 152 valence electrons. The predicted molar refractivity (Wildman–Crippen MR) is 116 cm³/mol. The van der Waals surface area contributed by atoms with E-state index >= 15 is 0 Å². The topological polar surface area (TPSA) is 49.9 Å². The van der Waals surface area contributed by atoms with Crippen LogP contribution in [0.3, 0.4) is 0 Å². The number of rotatable bonds is 6. The van der Waals surface area contributed by atoms with Crippen molar-refractivity contribution in [2.45, 2.75) is 4.90 Å². The van der Waals surface area contributed by atoms with Crippen LogP contribution in [0.1, 0.15) is 0 Å². The van der Waals surface area contributed by atoms with Crippen LogP contribution in [-0.4, -0.2) is 57.0 Å². The van der Waals surface area contributed by atoms with E-state index in [0.29, 0.717) is 48.5 Å². The van der Waals surface area contributed by atoms with Crippen molar-refractivity contribution in [1.82, 2.24) is 9.21 Å². The number of sulfonamides is 1. The van der Waals surface area contributed by atoms with E-state index in [1.165, 1.54) is 0 Å². The van der Waals surface area contributed by atoms with Gasteiger partial charge in [-0.3, -0.25) is 4.90 Å². The highest BCUT2D eigenvalue weighted by atomic mass is 35.5. The Kier molecular flexibility index (Phi) is 6.06. The second kappa shape index (κ2) is 8.71. The molecule has 3 aromatic carbocycles. The van der Waals surface area contributed by atoms with Gasteiger partial charge < -0.3 is 4.74 Å². The summed E-state index contributed by atoms with van der Waals surface area (Å²) in [4.78, 5) is 2.56. The number of halogens is 1. The monoisotopic (exact) mass is 430 g/mol. The SMILES string of the molecule is O=S(=O)(c1ccc2ccccc2c1)N1CCN(CCOc2ccccc2Cl)CC1. The van der Waals surface area contributed by atoms with Gasteiger partial charge in [0.2, 0.25) is 10.0 Å². The Morgan fingerprint density at radius 3 is 2.31 bits per heavy atom. The highest BCUT2D eigenvalue weighted by molar-refractivity contribution is 7.89. The van der Waals surface area contributed by atoms with Crippen LogP contribution in [0.5, 0.6) is 5.75 Å². The summed E-state index contributed by atoms with van der Waals surface area (Å²) in [7, 11) is -3.49. The lowest BCUT2D eigenvalue weighted by Crippen LogP contribution is -2.49. The zero-order chi connectivity index (χ0) is 20.3. The third-order valence-corrected chi connectivity index (χ3v) is 7.40. The fourth-order valence-corrected chi connectivity index (χ4v) is 5.17. The summed E-state index contributed by atoms with van der Waals surface area (Å²) in [5, 5.41) is 2.57. The number of para-hydroxylation sites is 1. The van der Waals surface area contributed by atoms with Gasteiger partial charge in [0.05, 0.1) is 9.92 Å². The molecule has 0 N–H and O–H groups in total. The Bertz CT molecular complexity index is 1100. The maximum Gasteiger partial charge on any atom is 0.243 e. The van der Waals surface area contributed by atoms with Gasteiger partial charge in [0.1, 0.15) is 12.4 Å². The minimum Gasteiger partial charge on any atom is -0.491 e. The van der Waals surface area contributed by atoms with E-state index in [2.05, 4.69) is 4.90 Å². The summed E-state index contributed by atoms with van der Waals surface area (Å²) in [6.45, 7) is 3.55. The van der Waals surface area contributed by atoms with Crippen molar-refractivity contribution < 1.29 is 13.2 Å². The molecule has 0 atom stereocenters. The molecule has 1 saturated heterocycles. The third kappa shape index (κ3) is 4.56. The van der Waals surface area contributed by atoms with Gasteiger partial charge in [0.15, 0.2) is 0 Å². The second-order valence-corrected chi connectivity index (χ2v) is 9.38. The predicted octanol–water partition coefficient (Wildman–Crippen LogP) is 3.88. The average molecular weight is 431 g/mol. The van der Waals surface area contributed by atoms with Crippen molar-refractivity contribution in [3.63, 3.8) is 0 Å².